The standard InChI is InChI=1S/C17H18N4O3S/c1-2-14(22)21-9-5-6-11(10-21)15(23)19-20-16(24)17-18-12-7-3-4-8-13(12)25-17/h2-4,7-8,11H,1,5-6,9-10H2,(H,19,23)(H,20,24). The third kappa shape index (κ3) is 3.85. The quantitative estimate of drug-likeness (QED) is 0.642. The third-order valence-electron chi connectivity index (χ3n) is 4.07. The normalized spacial score (nSPS) is 17.1. The van der Waals surface area contributed by atoms with Crippen LogP contribution in [0.25, 0.3) is 10.2 Å². The van der Waals surface area contributed by atoms with Crippen molar-refractivity contribution in [3.63, 3.8) is 0 Å². The van der Waals surface area contributed by atoms with Crippen LogP contribution in [0.5, 0.6) is 0 Å². The minimum atomic E-state index is -0.454. The zero-order valence-electron chi connectivity index (χ0n) is 13.5. The molecule has 1 atom stereocenters. The number of carbonyl (C=O) groups excluding carboxylic acids is 3. The van der Waals surface area contributed by atoms with Crippen molar-refractivity contribution < 1.29 is 14.4 Å². The molecule has 130 valence electrons. The van der Waals surface area contributed by atoms with Crippen molar-refractivity contribution in [2.45, 2.75) is 12.8 Å². The van der Waals surface area contributed by atoms with Crippen molar-refractivity contribution in [2.24, 2.45) is 5.92 Å². The van der Waals surface area contributed by atoms with Crippen LogP contribution in [0.3, 0.4) is 0 Å². The Kier molecular flexibility index (Phi) is 5.08. The topological polar surface area (TPSA) is 91.4 Å². The predicted molar refractivity (Wildman–Crippen MR) is 94.7 cm³/mol. The zero-order chi connectivity index (χ0) is 17.8. The Bertz CT molecular complexity index is 799. The van der Waals surface area contributed by atoms with Gasteiger partial charge in [-0.25, -0.2) is 4.98 Å². The number of piperidine rings is 1. The Hall–Kier alpha value is -2.74. The molecule has 0 saturated carbocycles. The van der Waals surface area contributed by atoms with E-state index in [9.17, 15) is 14.4 Å². The number of hydrazine groups is 1. The molecule has 3 rings (SSSR count). The van der Waals surface area contributed by atoms with Gasteiger partial charge in [0, 0.05) is 13.1 Å². The van der Waals surface area contributed by atoms with E-state index in [1.807, 2.05) is 24.3 Å². The van der Waals surface area contributed by atoms with Gasteiger partial charge in [-0.3, -0.25) is 25.2 Å². The van der Waals surface area contributed by atoms with Crippen LogP contribution in [-0.4, -0.2) is 40.7 Å². The van der Waals surface area contributed by atoms with E-state index in [4.69, 9.17) is 0 Å². The van der Waals surface area contributed by atoms with Gasteiger partial charge in [0.25, 0.3) is 5.91 Å². The summed E-state index contributed by atoms with van der Waals surface area (Å²) in [6.45, 7) is 4.41. The van der Waals surface area contributed by atoms with Gasteiger partial charge in [0.1, 0.15) is 0 Å². The highest BCUT2D eigenvalue weighted by Gasteiger charge is 2.27. The maximum Gasteiger partial charge on any atom is 0.298 e. The lowest BCUT2D eigenvalue weighted by Gasteiger charge is -2.31. The molecule has 1 aromatic heterocycles. The number of benzene rings is 1. The van der Waals surface area contributed by atoms with E-state index in [-0.39, 0.29) is 22.7 Å². The maximum atomic E-state index is 12.3. The Balaban J connectivity index is 1.57. The van der Waals surface area contributed by atoms with Crippen LogP contribution in [0.2, 0.25) is 0 Å². The SMILES string of the molecule is C=CC(=O)N1CCCC(C(=O)NNC(=O)c2nc3ccccc3s2)C1. The molecule has 1 saturated heterocycles. The van der Waals surface area contributed by atoms with Gasteiger partial charge in [0.2, 0.25) is 11.8 Å². The molecule has 2 aromatic rings. The van der Waals surface area contributed by atoms with E-state index in [1.54, 1.807) is 4.90 Å². The van der Waals surface area contributed by atoms with Crippen molar-refractivity contribution in [3.05, 3.63) is 41.9 Å². The van der Waals surface area contributed by atoms with E-state index in [1.165, 1.54) is 17.4 Å². The van der Waals surface area contributed by atoms with Gasteiger partial charge in [-0.2, -0.15) is 0 Å². The number of aromatic nitrogens is 1. The minimum absolute atomic E-state index is 0.184. The van der Waals surface area contributed by atoms with Gasteiger partial charge in [-0.15, -0.1) is 11.3 Å². The van der Waals surface area contributed by atoms with Gasteiger partial charge in [-0.05, 0) is 31.1 Å². The Labute approximate surface area is 148 Å². The minimum Gasteiger partial charge on any atom is -0.338 e. The summed E-state index contributed by atoms with van der Waals surface area (Å²) < 4.78 is 0.907. The maximum absolute atomic E-state index is 12.3. The summed E-state index contributed by atoms with van der Waals surface area (Å²) in [5.41, 5.74) is 5.58. The molecule has 1 unspecified atom stereocenters. The molecular weight excluding hydrogens is 340 g/mol. The van der Waals surface area contributed by atoms with E-state index >= 15 is 0 Å². The van der Waals surface area contributed by atoms with E-state index in [0.29, 0.717) is 19.5 Å². The molecule has 25 heavy (non-hydrogen) atoms. The van der Waals surface area contributed by atoms with Crippen molar-refractivity contribution in [1.82, 2.24) is 20.7 Å². The molecule has 1 aromatic carbocycles. The van der Waals surface area contributed by atoms with Gasteiger partial charge >= 0.3 is 0 Å². The van der Waals surface area contributed by atoms with E-state index in [0.717, 1.165) is 16.6 Å². The van der Waals surface area contributed by atoms with E-state index < -0.39 is 5.91 Å². The number of para-hydroxylation sites is 1. The second-order valence-electron chi connectivity index (χ2n) is 5.76. The monoisotopic (exact) mass is 358 g/mol. The number of fused-ring (bicyclic) bond motifs is 1. The Morgan fingerprint density at radius 1 is 1.28 bits per heavy atom. The van der Waals surface area contributed by atoms with Crippen LogP contribution in [0.4, 0.5) is 0 Å². The number of amides is 3. The zero-order valence-corrected chi connectivity index (χ0v) is 14.3. The molecule has 2 N–H and O–H groups in total. The highest BCUT2D eigenvalue weighted by atomic mass is 32.1. The van der Waals surface area contributed by atoms with Crippen LogP contribution in [0.1, 0.15) is 22.6 Å². The molecule has 1 aliphatic rings. The van der Waals surface area contributed by atoms with Crippen LogP contribution in [-0.2, 0) is 9.59 Å². The number of hydrogen-bond acceptors (Lipinski definition) is 5. The molecule has 0 spiro atoms. The highest BCUT2D eigenvalue weighted by Crippen LogP contribution is 2.21. The van der Waals surface area contributed by atoms with Crippen molar-refractivity contribution in [2.75, 3.05) is 13.1 Å². The molecule has 0 aliphatic carbocycles. The lowest BCUT2D eigenvalue weighted by molar-refractivity contribution is -0.132. The van der Waals surface area contributed by atoms with Crippen LogP contribution < -0.4 is 10.9 Å². The largest absolute Gasteiger partial charge is 0.338 e. The lowest BCUT2D eigenvalue weighted by Crippen LogP contribution is -2.49. The smallest absolute Gasteiger partial charge is 0.298 e. The first-order valence-electron chi connectivity index (χ1n) is 7.95. The number of carbonyl (C=O) groups is 3. The molecule has 1 aliphatic heterocycles. The molecular formula is C17H18N4O3S. The van der Waals surface area contributed by atoms with Crippen molar-refractivity contribution in [1.29, 1.82) is 0 Å². The van der Waals surface area contributed by atoms with Crippen LogP contribution >= 0.6 is 11.3 Å². The number of likely N-dealkylation sites (tertiary alicyclic amines) is 1. The second kappa shape index (κ2) is 7.43. The average Bonchev–Trinajstić information content (AvgIpc) is 3.09. The summed E-state index contributed by atoms with van der Waals surface area (Å²) in [5, 5.41) is 0.286. The van der Waals surface area contributed by atoms with Crippen molar-refractivity contribution >= 4 is 39.3 Å². The van der Waals surface area contributed by atoms with Crippen LogP contribution in [0, 0.1) is 5.92 Å². The van der Waals surface area contributed by atoms with Gasteiger partial charge in [0.15, 0.2) is 5.01 Å². The molecule has 3 amide bonds. The number of rotatable bonds is 3. The fourth-order valence-corrected chi connectivity index (χ4v) is 3.62. The molecule has 7 nitrogen and oxygen atoms in total. The number of nitrogens with zero attached hydrogens (tertiary/aromatic N) is 2. The summed E-state index contributed by atoms with van der Waals surface area (Å²) >= 11 is 1.26. The summed E-state index contributed by atoms with van der Waals surface area (Å²) in [4.78, 5) is 41.9. The average molecular weight is 358 g/mol. The number of hydrogen-bond donors (Lipinski definition) is 2. The molecule has 2 heterocycles. The Morgan fingerprint density at radius 2 is 2.08 bits per heavy atom. The summed E-state index contributed by atoms with van der Waals surface area (Å²) in [5.74, 6) is -1.30. The Morgan fingerprint density at radius 3 is 2.84 bits per heavy atom. The first-order chi connectivity index (χ1) is 12.1. The first kappa shape index (κ1) is 17.1. The summed E-state index contributed by atoms with van der Waals surface area (Å²) in [6, 6.07) is 7.44. The third-order valence-corrected chi connectivity index (χ3v) is 5.10. The highest BCUT2D eigenvalue weighted by molar-refractivity contribution is 7.20. The summed E-state index contributed by atoms with van der Waals surface area (Å²) in [7, 11) is 0. The first-order valence-corrected chi connectivity index (χ1v) is 8.77. The molecule has 0 bridgehead atoms. The number of nitrogens with one attached hydrogen (secondary N) is 2. The van der Waals surface area contributed by atoms with E-state index in [2.05, 4.69) is 22.4 Å². The van der Waals surface area contributed by atoms with Crippen LogP contribution in [0.15, 0.2) is 36.9 Å². The summed E-state index contributed by atoms with van der Waals surface area (Å²) in [6.07, 6.45) is 2.66. The predicted octanol–water partition coefficient (Wildman–Crippen LogP) is 1.48. The van der Waals surface area contributed by atoms with Gasteiger partial charge < -0.3 is 4.90 Å². The van der Waals surface area contributed by atoms with Gasteiger partial charge in [-0.1, -0.05) is 18.7 Å². The lowest BCUT2D eigenvalue weighted by atomic mass is 9.97. The van der Waals surface area contributed by atoms with Crippen molar-refractivity contribution in [3.8, 4) is 0 Å². The fourth-order valence-electron chi connectivity index (χ4n) is 2.76. The molecule has 1 fully saturated rings. The van der Waals surface area contributed by atoms with Gasteiger partial charge in [0.05, 0.1) is 16.1 Å². The second-order valence-corrected chi connectivity index (χ2v) is 6.79. The fraction of sp³-hybridized carbons (Fsp3) is 0.294. The molecule has 0 radical (unpaired) electrons. The molecule has 8 heteroatoms. The number of thiazole rings is 1.